The molecule has 1 aromatic carbocycles. The fourth-order valence-electron chi connectivity index (χ4n) is 5.63. The van der Waals surface area contributed by atoms with E-state index in [0.717, 1.165) is 43.3 Å². The lowest BCUT2D eigenvalue weighted by molar-refractivity contribution is 0.0558. The van der Waals surface area contributed by atoms with Crippen molar-refractivity contribution in [3.05, 3.63) is 30.0 Å². The second-order valence-electron chi connectivity index (χ2n) is 10.7. The molecule has 2 aliphatic rings. The largest absolute Gasteiger partial charge is 0.493 e. The number of amides is 1. The minimum Gasteiger partial charge on any atom is -0.493 e. The first-order valence-electron chi connectivity index (χ1n) is 12.8. The number of fused-ring (bicyclic) bond motifs is 1. The molecule has 4 rings (SSSR count). The van der Waals surface area contributed by atoms with Crippen molar-refractivity contribution in [2.45, 2.75) is 58.1 Å². The third-order valence-corrected chi connectivity index (χ3v) is 8.59. The minimum atomic E-state index is -4.20. The monoisotopic (exact) mass is 534 g/mol. The maximum atomic E-state index is 13.7. The molecule has 2 aliphatic heterocycles. The number of ether oxygens (including phenoxy) is 3. The molecule has 0 saturated carbocycles. The lowest BCUT2D eigenvalue weighted by atomic mass is 9.73. The first-order chi connectivity index (χ1) is 17.5. The second-order valence-corrected chi connectivity index (χ2v) is 12.3. The molecular weight excluding hydrogens is 496 g/mol. The molecule has 37 heavy (non-hydrogen) atoms. The fraction of sp³-hybridized carbons (Fsp3) is 0.615. The highest BCUT2D eigenvalue weighted by Gasteiger charge is 2.44. The van der Waals surface area contributed by atoms with Crippen LogP contribution in [0.5, 0.6) is 11.5 Å². The number of methoxy groups -OCH3 is 2. The van der Waals surface area contributed by atoms with Crippen LogP contribution in [0.1, 0.15) is 58.1 Å². The number of aromatic nitrogens is 1. The Morgan fingerprint density at radius 3 is 2.43 bits per heavy atom. The Labute approximate surface area is 219 Å². The van der Waals surface area contributed by atoms with E-state index in [1.807, 2.05) is 12.1 Å². The van der Waals surface area contributed by atoms with Crippen LogP contribution in [0, 0.1) is 11.8 Å². The average molecular weight is 535 g/mol. The number of rotatable bonds is 6. The summed E-state index contributed by atoms with van der Waals surface area (Å²) in [5.74, 6) is 1.51. The predicted molar refractivity (Wildman–Crippen MR) is 141 cm³/mol. The Balaban J connectivity index is 1.82. The molecule has 10 nitrogen and oxygen atoms in total. The molecule has 1 amide bonds. The first kappa shape index (κ1) is 27.4. The number of carbonyl (C=O) groups excluding carboxylic acids is 1. The van der Waals surface area contributed by atoms with Crippen molar-refractivity contribution in [1.82, 2.24) is 19.3 Å². The molecule has 1 aromatic heterocycles. The van der Waals surface area contributed by atoms with Crippen molar-refractivity contribution in [2.24, 2.45) is 11.8 Å². The summed E-state index contributed by atoms with van der Waals surface area (Å²) in [7, 11) is -1.07. The van der Waals surface area contributed by atoms with Gasteiger partial charge in [0.1, 0.15) is 5.60 Å². The van der Waals surface area contributed by atoms with Gasteiger partial charge in [-0.15, -0.1) is 0 Å². The van der Waals surface area contributed by atoms with Crippen LogP contribution in [0.25, 0.3) is 10.9 Å². The molecule has 0 bridgehead atoms. The molecule has 2 aromatic rings. The summed E-state index contributed by atoms with van der Waals surface area (Å²) >= 11 is 0. The van der Waals surface area contributed by atoms with Gasteiger partial charge < -0.3 is 19.5 Å². The number of nitrogens with zero attached hydrogens (tertiary/aromatic N) is 2. The minimum absolute atomic E-state index is 0.0739. The fourth-order valence-corrected chi connectivity index (χ4v) is 6.94. The molecule has 2 N–H and O–H groups in total. The Kier molecular flexibility index (Phi) is 8.15. The van der Waals surface area contributed by atoms with Gasteiger partial charge in [0, 0.05) is 24.2 Å². The Hall–Kier alpha value is -2.63. The van der Waals surface area contributed by atoms with Gasteiger partial charge in [-0.25, -0.2) is 9.52 Å². The van der Waals surface area contributed by atoms with Gasteiger partial charge in [-0.2, -0.15) is 12.7 Å². The van der Waals surface area contributed by atoms with E-state index in [4.69, 9.17) is 14.2 Å². The summed E-state index contributed by atoms with van der Waals surface area (Å²) in [4.78, 5) is 17.1. The van der Waals surface area contributed by atoms with Gasteiger partial charge in [0.2, 0.25) is 0 Å². The summed E-state index contributed by atoms with van der Waals surface area (Å²) in [5, 5.41) is 4.20. The number of hydrogen-bond donors (Lipinski definition) is 2. The van der Waals surface area contributed by atoms with Crippen molar-refractivity contribution < 1.29 is 27.4 Å². The van der Waals surface area contributed by atoms with Gasteiger partial charge in [-0.3, -0.25) is 4.98 Å². The van der Waals surface area contributed by atoms with E-state index in [-0.39, 0.29) is 5.92 Å². The van der Waals surface area contributed by atoms with Crippen molar-refractivity contribution in [2.75, 3.05) is 33.9 Å². The predicted octanol–water partition coefficient (Wildman–Crippen LogP) is 3.77. The third-order valence-electron chi connectivity index (χ3n) is 7.14. The normalized spacial score (nSPS) is 22.0. The van der Waals surface area contributed by atoms with Gasteiger partial charge in [0.25, 0.3) is 0 Å². The highest BCUT2D eigenvalue weighted by Crippen LogP contribution is 2.46. The van der Waals surface area contributed by atoms with E-state index < -0.39 is 27.9 Å². The Bertz CT molecular complexity index is 1220. The van der Waals surface area contributed by atoms with Crippen molar-refractivity contribution in [1.29, 1.82) is 0 Å². The summed E-state index contributed by atoms with van der Waals surface area (Å²) in [5.41, 5.74) is 0.695. The quantitative estimate of drug-likeness (QED) is 0.575. The van der Waals surface area contributed by atoms with Crippen LogP contribution in [0.4, 0.5) is 4.79 Å². The molecule has 0 aliphatic carbocycles. The highest BCUT2D eigenvalue weighted by atomic mass is 32.2. The van der Waals surface area contributed by atoms with Crippen LogP contribution < -0.4 is 19.5 Å². The highest BCUT2D eigenvalue weighted by molar-refractivity contribution is 7.87. The maximum absolute atomic E-state index is 13.7. The SMILES string of the molecule is COc1cc2nccc([C@H]3C(C4CCNCC4)CCCN3S(=O)(=O)NC(=O)OC(C)(C)C)c2cc1OC. The van der Waals surface area contributed by atoms with Crippen LogP contribution in [0.2, 0.25) is 0 Å². The van der Waals surface area contributed by atoms with Crippen LogP contribution >= 0.6 is 0 Å². The van der Waals surface area contributed by atoms with Crippen molar-refractivity contribution >= 4 is 27.2 Å². The van der Waals surface area contributed by atoms with Gasteiger partial charge in [0.05, 0.1) is 25.8 Å². The molecule has 2 atom stereocenters. The van der Waals surface area contributed by atoms with E-state index in [1.165, 1.54) is 4.31 Å². The lowest BCUT2D eigenvalue weighted by Crippen LogP contribution is -2.52. The zero-order valence-electron chi connectivity index (χ0n) is 22.2. The van der Waals surface area contributed by atoms with Crippen LogP contribution in [0.15, 0.2) is 24.4 Å². The number of hydrogen-bond acceptors (Lipinski definition) is 8. The van der Waals surface area contributed by atoms with Gasteiger partial charge in [0.15, 0.2) is 11.5 Å². The molecule has 2 fully saturated rings. The summed E-state index contributed by atoms with van der Waals surface area (Å²) < 4.78 is 47.3. The molecular formula is C26H38N4O6S. The zero-order valence-corrected chi connectivity index (χ0v) is 23.1. The molecule has 1 unspecified atom stereocenters. The molecule has 0 spiro atoms. The van der Waals surface area contributed by atoms with E-state index in [0.29, 0.717) is 35.9 Å². The van der Waals surface area contributed by atoms with E-state index >= 15 is 0 Å². The average Bonchev–Trinajstić information content (AvgIpc) is 2.86. The maximum Gasteiger partial charge on any atom is 0.422 e. The molecule has 11 heteroatoms. The smallest absolute Gasteiger partial charge is 0.422 e. The van der Waals surface area contributed by atoms with Crippen LogP contribution in [-0.2, 0) is 14.9 Å². The number of pyridine rings is 1. The summed E-state index contributed by atoms with van der Waals surface area (Å²) in [6.07, 6.45) is 4.25. The molecule has 3 heterocycles. The molecule has 204 valence electrons. The zero-order chi connectivity index (χ0) is 26.8. The molecule has 2 saturated heterocycles. The molecule has 0 radical (unpaired) electrons. The van der Waals surface area contributed by atoms with E-state index in [9.17, 15) is 13.2 Å². The second kappa shape index (κ2) is 11.0. The van der Waals surface area contributed by atoms with Crippen molar-refractivity contribution in [3.8, 4) is 11.5 Å². The van der Waals surface area contributed by atoms with E-state index in [2.05, 4.69) is 15.0 Å². The summed E-state index contributed by atoms with van der Waals surface area (Å²) in [6, 6.07) is 5.06. The standard InChI is InChI=1S/C26H38N4O6S/c1-26(2,3)36-25(31)29-37(32,33)30-14-6-7-18(17-8-11-27-12-9-17)24(30)19-10-13-28-21-16-23(35-5)22(34-4)15-20(19)21/h10,13,15-18,24,27H,6-9,11-12,14H2,1-5H3,(H,29,31)/t18?,24-/m1/s1. The van der Waals surface area contributed by atoms with E-state index in [1.54, 1.807) is 47.3 Å². The first-order valence-corrected chi connectivity index (χ1v) is 14.2. The Morgan fingerprint density at radius 1 is 1.11 bits per heavy atom. The number of benzene rings is 1. The van der Waals surface area contributed by atoms with Gasteiger partial charge in [-0.1, -0.05) is 0 Å². The topological polar surface area (TPSA) is 119 Å². The number of piperidine rings is 2. The van der Waals surface area contributed by atoms with Crippen molar-refractivity contribution in [3.63, 3.8) is 0 Å². The number of carbonyl (C=O) groups is 1. The van der Waals surface area contributed by atoms with Gasteiger partial charge in [-0.05, 0) is 89.1 Å². The Morgan fingerprint density at radius 2 is 1.78 bits per heavy atom. The van der Waals surface area contributed by atoms with Gasteiger partial charge >= 0.3 is 16.3 Å². The number of nitrogens with one attached hydrogen (secondary N) is 2. The lowest BCUT2D eigenvalue weighted by Gasteiger charge is -2.45. The summed E-state index contributed by atoms with van der Waals surface area (Å²) in [6.45, 7) is 7.18. The van der Waals surface area contributed by atoms with Crippen LogP contribution in [-0.4, -0.2) is 63.3 Å². The third kappa shape index (κ3) is 6.10. The van der Waals surface area contributed by atoms with Crippen LogP contribution in [0.3, 0.4) is 0 Å².